The van der Waals surface area contributed by atoms with Crippen molar-refractivity contribution in [2.45, 2.75) is 31.9 Å². The largest absolute Gasteiger partial charge is 0.469 e. The molecule has 2 rings (SSSR count). The van der Waals surface area contributed by atoms with Gasteiger partial charge in [0.05, 0.1) is 12.4 Å². The molecule has 0 fully saturated rings. The molecule has 6 heteroatoms. The lowest BCUT2D eigenvalue weighted by molar-refractivity contribution is 0.172. The Kier molecular flexibility index (Phi) is 6.17. The first-order valence-corrected chi connectivity index (χ1v) is 7.55. The number of rotatable bonds is 7. The molecule has 0 unspecified atom stereocenters. The number of aryl methyl sites for hydroxylation is 1. The molecule has 23 heavy (non-hydrogen) atoms. The van der Waals surface area contributed by atoms with Gasteiger partial charge in [-0.15, -0.1) is 0 Å². The maximum absolute atomic E-state index is 13.1. The predicted octanol–water partition coefficient (Wildman–Crippen LogP) is 2.77. The Morgan fingerprint density at radius 2 is 2.17 bits per heavy atom. The molecule has 124 valence electrons. The summed E-state index contributed by atoms with van der Waals surface area (Å²) in [5.74, 6) is 0.457. The van der Waals surface area contributed by atoms with Gasteiger partial charge in [0, 0.05) is 19.0 Å². The van der Waals surface area contributed by atoms with E-state index in [9.17, 15) is 14.3 Å². The molecule has 0 spiro atoms. The third kappa shape index (κ3) is 5.75. The zero-order chi connectivity index (χ0) is 16.7. The molecule has 0 radical (unpaired) electrons. The van der Waals surface area contributed by atoms with E-state index in [2.05, 4.69) is 10.6 Å². The monoisotopic (exact) mass is 320 g/mol. The molecule has 2 amide bonds. The van der Waals surface area contributed by atoms with Crippen molar-refractivity contribution in [2.75, 3.05) is 6.54 Å². The van der Waals surface area contributed by atoms with Crippen LogP contribution >= 0.6 is 0 Å². The number of halogens is 1. The average molecular weight is 320 g/mol. The summed E-state index contributed by atoms with van der Waals surface area (Å²) in [7, 11) is 0. The highest BCUT2D eigenvalue weighted by Crippen LogP contribution is 2.13. The molecule has 1 heterocycles. The van der Waals surface area contributed by atoms with E-state index in [0.29, 0.717) is 5.56 Å². The molecule has 3 N–H and O–H groups in total. The first kappa shape index (κ1) is 17.0. The number of aliphatic hydroxyl groups is 1. The molecule has 1 aromatic carbocycles. The average Bonchev–Trinajstić information content (AvgIpc) is 3.04. The molecule has 0 saturated carbocycles. The van der Waals surface area contributed by atoms with Crippen LogP contribution in [0.4, 0.5) is 9.18 Å². The molecule has 0 bridgehead atoms. The van der Waals surface area contributed by atoms with Gasteiger partial charge in [0.15, 0.2) is 0 Å². The highest BCUT2D eigenvalue weighted by Gasteiger charge is 2.12. The Balaban J connectivity index is 1.69. The minimum absolute atomic E-state index is 0.0141. The van der Waals surface area contributed by atoms with Crippen LogP contribution in [0.1, 0.15) is 30.8 Å². The Labute approximate surface area is 134 Å². The van der Waals surface area contributed by atoms with Crippen molar-refractivity contribution in [1.29, 1.82) is 0 Å². The van der Waals surface area contributed by atoms with Crippen LogP contribution in [0.2, 0.25) is 0 Å². The molecular weight excluding hydrogens is 299 g/mol. The summed E-state index contributed by atoms with van der Waals surface area (Å²) in [4.78, 5) is 11.8. The Morgan fingerprint density at radius 1 is 1.35 bits per heavy atom. The molecule has 0 aliphatic rings. The third-order valence-corrected chi connectivity index (χ3v) is 3.47. The van der Waals surface area contributed by atoms with E-state index < -0.39 is 11.9 Å². The van der Waals surface area contributed by atoms with Crippen LogP contribution in [0.25, 0.3) is 0 Å². The van der Waals surface area contributed by atoms with E-state index in [0.717, 1.165) is 18.6 Å². The minimum atomic E-state index is -0.949. The standard InChI is InChI=1S/C17H21FN2O3/c1-12(7-8-15-6-3-9-23-15)20-17(22)19-11-16(21)13-4-2-5-14(18)10-13/h2-6,9-10,12,16,21H,7-8,11H2,1H3,(H2,19,20,22)/t12-,16-/m0/s1. The molecule has 2 aromatic rings. The van der Waals surface area contributed by atoms with E-state index in [1.165, 1.54) is 18.2 Å². The predicted molar refractivity (Wildman–Crippen MR) is 84.4 cm³/mol. The number of nitrogens with one attached hydrogen (secondary N) is 2. The van der Waals surface area contributed by atoms with Gasteiger partial charge in [-0.1, -0.05) is 12.1 Å². The lowest BCUT2D eigenvalue weighted by Crippen LogP contribution is -2.42. The number of carbonyl (C=O) groups is 1. The Morgan fingerprint density at radius 3 is 2.87 bits per heavy atom. The SMILES string of the molecule is C[C@@H](CCc1ccco1)NC(=O)NC[C@H](O)c1cccc(F)c1. The van der Waals surface area contributed by atoms with Gasteiger partial charge in [-0.05, 0) is 43.2 Å². The summed E-state index contributed by atoms with van der Waals surface area (Å²) in [5.41, 5.74) is 0.427. The summed E-state index contributed by atoms with van der Waals surface area (Å²) in [6.07, 6.45) is 2.15. The second-order valence-corrected chi connectivity index (χ2v) is 5.44. The fraction of sp³-hybridized carbons (Fsp3) is 0.353. The van der Waals surface area contributed by atoms with Crippen LogP contribution in [-0.2, 0) is 6.42 Å². The number of aliphatic hydroxyl groups excluding tert-OH is 1. The summed E-state index contributed by atoms with van der Waals surface area (Å²) in [5, 5.41) is 15.3. The van der Waals surface area contributed by atoms with E-state index in [1.807, 2.05) is 19.1 Å². The van der Waals surface area contributed by atoms with Crippen molar-refractivity contribution in [3.63, 3.8) is 0 Å². The van der Waals surface area contributed by atoms with Crippen LogP contribution in [0.5, 0.6) is 0 Å². The highest BCUT2D eigenvalue weighted by atomic mass is 19.1. The van der Waals surface area contributed by atoms with Gasteiger partial charge in [0.2, 0.25) is 0 Å². The van der Waals surface area contributed by atoms with Crippen molar-refractivity contribution >= 4 is 6.03 Å². The van der Waals surface area contributed by atoms with Gasteiger partial charge in [0.25, 0.3) is 0 Å². The first-order chi connectivity index (χ1) is 11.0. The van der Waals surface area contributed by atoms with Crippen LogP contribution in [0.3, 0.4) is 0 Å². The summed E-state index contributed by atoms with van der Waals surface area (Å²) in [6.45, 7) is 1.91. The highest BCUT2D eigenvalue weighted by molar-refractivity contribution is 5.74. The zero-order valence-corrected chi connectivity index (χ0v) is 13.0. The number of hydrogen-bond acceptors (Lipinski definition) is 3. The van der Waals surface area contributed by atoms with Crippen molar-refractivity contribution in [1.82, 2.24) is 10.6 Å². The van der Waals surface area contributed by atoms with E-state index >= 15 is 0 Å². The second kappa shape index (κ2) is 8.33. The van der Waals surface area contributed by atoms with Gasteiger partial charge in [-0.2, -0.15) is 0 Å². The molecular formula is C17H21FN2O3. The maximum atomic E-state index is 13.1. The normalized spacial score (nSPS) is 13.3. The summed E-state index contributed by atoms with van der Waals surface area (Å²) < 4.78 is 18.3. The quantitative estimate of drug-likeness (QED) is 0.734. The summed E-state index contributed by atoms with van der Waals surface area (Å²) >= 11 is 0. The first-order valence-electron chi connectivity index (χ1n) is 7.55. The zero-order valence-electron chi connectivity index (χ0n) is 13.0. The third-order valence-electron chi connectivity index (χ3n) is 3.47. The van der Waals surface area contributed by atoms with E-state index in [4.69, 9.17) is 4.42 Å². The topological polar surface area (TPSA) is 74.5 Å². The van der Waals surface area contributed by atoms with Crippen LogP contribution in [0.15, 0.2) is 47.1 Å². The minimum Gasteiger partial charge on any atom is -0.469 e. The van der Waals surface area contributed by atoms with Crippen molar-refractivity contribution in [3.8, 4) is 0 Å². The van der Waals surface area contributed by atoms with Gasteiger partial charge < -0.3 is 20.2 Å². The summed E-state index contributed by atoms with van der Waals surface area (Å²) in [6, 6.07) is 8.99. The van der Waals surface area contributed by atoms with Gasteiger partial charge in [0.1, 0.15) is 11.6 Å². The number of benzene rings is 1. The fourth-order valence-electron chi connectivity index (χ4n) is 2.18. The number of furan rings is 1. The van der Waals surface area contributed by atoms with Crippen molar-refractivity contribution in [2.24, 2.45) is 0 Å². The molecule has 5 nitrogen and oxygen atoms in total. The number of urea groups is 1. The number of carbonyl (C=O) groups excluding carboxylic acids is 1. The van der Waals surface area contributed by atoms with E-state index in [1.54, 1.807) is 12.3 Å². The van der Waals surface area contributed by atoms with Gasteiger partial charge in [-0.3, -0.25) is 0 Å². The second-order valence-electron chi connectivity index (χ2n) is 5.44. The molecule has 1 aromatic heterocycles. The maximum Gasteiger partial charge on any atom is 0.315 e. The van der Waals surface area contributed by atoms with Crippen LogP contribution < -0.4 is 10.6 Å². The van der Waals surface area contributed by atoms with Crippen LogP contribution in [0, 0.1) is 5.82 Å². The molecule has 0 aliphatic carbocycles. The van der Waals surface area contributed by atoms with Gasteiger partial charge >= 0.3 is 6.03 Å². The van der Waals surface area contributed by atoms with Crippen LogP contribution in [-0.4, -0.2) is 23.7 Å². The smallest absolute Gasteiger partial charge is 0.315 e. The van der Waals surface area contributed by atoms with Crippen molar-refractivity contribution in [3.05, 3.63) is 59.8 Å². The lowest BCUT2D eigenvalue weighted by Gasteiger charge is -2.16. The fourth-order valence-corrected chi connectivity index (χ4v) is 2.18. The molecule has 2 atom stereocenters. The Bertz CT molecular complexity index is 616. The number of hydrogen-bond donors (Lipinski definition) is 3. The molecule has 0 aliphatic heterocycles. The Hall–Kier alpha value is -2.34. The lowest BCUT2D eigenvalue weighted by atomic mass is 10.1. The molecule has 0 saturated heterocycles. The van der Waals surface area contributed by atoms with Gasteiger partial charge in [-0.25, -0.2) is 9.18 Å². The van der Waals surface area contributed by atoms with Crippen molar-refractivity contribution < 1.29 is 18.7 Å². The number of amides is 2. The van der Waals surface area contributed by atoms with E-state index in [-0.39, 0.29) is 18.6 Å².